The first-order valence-electron chi connectivity index (χ1n) is 9.09. The fraction of sp³-hybridized carbons (Fsp3) is 0.0435. The number of nitrogens with zero attached hydrogens (tertiary/aromatic N) is 2. The molecule has 0 saturated heterocycles. The third kappa shape index (κ3) is 4.56. The van der Waals surface area contributed by atoms with E-state index in [-0.39, 0.29) is 11.7 Å². The Hall–Kier alpha value is -3.09. The molecule has 150 valence electrons. The second-order valence-electron chi connectivity index (χ2n) is 6.59. The van der Waals surface area contributed by atoms with E-state index in [1.807, 2.05) is 36.4 Å². The number of halogens is 2. The number of phenols is 1. The number of nitrogen functional groups attached to an aromatic ring is 1. The summed E-state index contributed by atoms with van der Waals surface area (Å²) in [6.07, 6.45) is 1.64. The van der Waals surface area contributed by atoms with Gasteiger partial charge in [0.1, 0.15) is 18.1 Å². The molecule has 0 amide bonds. The predicted octanol–water partition coefficient (Wildman–Crippen LogP) is 6.09. The summed E-state index contributed by atoms with van der Waals surface area (Å²) >= 11 is 9.41. The molecule has 4 rings (SSSR count). The summed E-state index contributed by atoms with van der Waals surface area (Å²) in [4.78, 5) is 8.47. The number of ether oxygens (including phenoxy) is 1. The maximum Gasteiger partial charge on any atom is 0.220 e. The lowest BCUT2D eigenvalue weighted by Gasteiger charge is -2.13. The van der Waals surface area contributed by atoms with E-state index in [0.29, 0.717) is 28.6 Å². The molecule has 0 aliphatic carbocycles. The average molecular weight is 483 g/mol. The van der Waals surface area contributed by atoms with Crippen LogP contribution in [0.4, 0.5) is 5.95 Å². The largest absolute Gasteiger partial charge is 0.507 e. The maximum absolute atomic E-state index is 10.7. The van der Waals surface area contributed by atoms with Crippen LogP contribution >= 0.6 is 27.5 Å². The summed E-state index contributed by atoms with van der Waals surface area (Å²) in [5.41, 5.74) is 9.50. The number of aromatic nitrogens is 2. The van der Waals surface area contributed by atoms with E-state index in [1.54, 1.807) is 36.5 Å². The van der Waals surface area contributed by atoms with Gasteiger partial charge in [-0.3, -0.25) is 0 Å². The van der Waals surface area contributed by atoms with Gasteiger partial charge in [0, 0.05) is 32.9 Å². The van der Waals surface area contributed by atoms with Gasteiger partial charge in [0.25, 0.3) is 0 Å². The second kappa shape index (κ2) is 8.73. The zero-order valence-corrected chi connectivity index (χ0v) is 18.1. The molecule has 0 fully saturated rings. The summed E-state index contributed by atoms with van der Waals surface area (Å²) in [6.45, 7) is 0.391. The van der Waals surface area contributed by atoms with Gasteiger partial charge in [-0.15, -0.1) is 0 Å². The van der Waals surface area contributed by atoms with Crippen molar-refractivity contribution in [2.45, 2.75) is 6.61 Å². The van der Waals surface area contributed by atoms with Crippen molar-refractivity contribution in [2.75, 3.05) is 5.73 Å². The lowest BCUT2D eigenvalue weighted by atomic mass is 10.00. The molecular weight excluding hydrogens is 466 g/mol. The maximum atomic E-state index is 10.7. The average Bonchev–Trinajstić information content (AvgIpc) is 2.74. The quantitative estimate of drug-likeness (QED) is 0.359. The van der Waals surface area contributed by atoms with Crippen molar-refractivity contribution in [3.8, 4) is 33.9 Å². The molecule has 0 spiro atoms. The lowest BCUT2D eigenvalue weighted by molar-refractivity contribution is 0.304. The Kier molecular flexibility index (Phi) is 5.88. The van der Waals surface area contributed by atoms with Crippen molar-refractivity contribution >= 4 is 33.5 Å². The molecule has 1 heterocycles. The third-order valence-electron chi connectivity index (χ3n) is 4.51. The first-order valence-corrected chi connectivity index (χ1v) is 10.3. The Morgan fingerprint density at radius 2 is 1.70 bits per heavy atom. The molecule has 5 nitrogen and oxygen atoms in total. The summed E-state index contributed by atoms with van der Waals surface area (Å²) in [7, 11) is 0. The Balaban J connectivity index is 1.63. The van der Waals surface area contributed by atoms with E-state index in [2.05, 4.69) is 25.9 Å². The SMILES string of the molecule is Nc1ncc(-c2ccc(Cl)cc2)c(-c2ccc(OCc3ccc(Br)cc3)cc2O)n1. The van der Waals surface area contributed by atoms with E-state index in [0.717, 1.165) is 21.2 Å². The molecule has 7 heteroatoms. The number of hydrogen-bond acceptors (Lipinski definition) is 5. The van der Waals surface area contributed by atoms with Crippen molar-refractivity contribution in [3.63, 3.8) is 0 Å². The van der Waals surface area contributed by atoms with Crippen molar-refractivity contribution in [1.82, 2.24) is 9.97 Å². The summed E-state index contributed by atoms with van der Waals surface area (Å²) in [5, 5.41) is 11.3. The first-order chi connectivity index (χ1) is 14.5. The molecule has 30 heavy (non-hydrogen) atoms. The highest BCUT2D eigenvalue weighted by atomic mass is 79.9. The molecule has 1 aromatic heterocycles. The van der Waals surface area contributed by atoms with Crippen LogP contribution in [-0.4, -0.2) is 15.1 Å². The molecular formula is C23H17BrClN3O2. The topological polar surface area (TPSA) is 81.3 Å². The van der Waals surface area contributed by atoms with E-state index >= 15 is 0 Å². The number of nitrogens with two attached hydrogens (primary N) is 1. The fourth-order valence-corrected chi connectivity index (χ4v) is 3.38. The monoisotopic (exact) mass is 481 g/mol. The smallest absolute Gasteiger partial charge is 0.220 e. The number of anilines is 1. The molecule has 0 aliphatic rings. The van der Waals surface area contributed by atoms with Crippen LogP contribution < -0.4 is 10.5 Å². The minimum Gasteiger partial charge on any atom is -0.507 e. The summed E-state index contributed by atoms with van der Waals surface area (Å²) in [5.74, 6) is 0.712. The van der Waals surface area contributed by atoms with Crippen LogP contribution in [0.3, 0.4) is 0 Å². The highest BCUT2D eigenvalue weighted by molar-refractivity contribution is 9.10. The van der Waals surface area contributed by atoms with Gasteiger partial charge < -0.3 is 15.6 Å². The van der Waals surface area contributed by atoms with Gasteiger partial charge in [0.05, 0.1) is 5.69 Å². The van der Waals surface area contributed by atoms with E-state index in [4.69, 9.17) is 22.1 Å². The summed E-state index contributed by atoms with van der Waals surface area (Å²) in [6, 6.07) is 20.3. The minimum atomic E-state index is 0.0385. The second-order valence-corrected chi connectivity index (χ2v) is 7.94. The number of benzene rings is 3. The fourth-order valence-electron chi connectivity index (χ4n) is 2.99. The number of aromatic hydroxyl groups is 1. The van der Waals surface area contributed by atoms with Gasteiger partial charge in [-0.25, -0.2) is 9.97 Å². The van der Waals surface area contributed by atoms with Crippen molar-refractivity contribution < 1.29 is 9.84 Å². The van der Waals surface area contributed by atoms with Crippen molar-refractivity contribution in [2.24, 2.45) is 0 Å². The molecule has 4 aromatic rings. The van der Waals surface area contributed by atoms with E-state index in [9.17, 15) is 5.11 Å². The van der Waals surface area contributed by atoms with Gasteiger partial charge in [0.2, 0.25) is 5.95 Å². The Bertz CT molecular complexity index is 1180. The van der Waals surface area contributed by atoms with Crippen LogP contribution in [0, 0.1) is 0 Å². The third-order valence-corrected chi connectivity index (χ3v) is 5.29. The highest BCUT2D eigenvalue weighted by Crippen LogP contribution is 2.37. The number of phenolic OH excluding ortho intramolecular Hbond substituents is 1. The molecule has 0 aliphatic heterocycles. The normalized spacial score (nSPS) is 10.7. The Morgan fingerprint density at radius 1 is 0.967 bits per heavy atom. The van der Waals surface area contributed by atoms with Crippen LogP contribution in [0.2, 0.25) is 5.02 Å². The van der Waals surface area contributed by atoms with Crippen LogP contribution in [0.1, 0.15) is 5.56 Å². The van der Waals surface area contributed by atoms with E-state index < -0.39 is 0 Å². The van der Waals surface area contributed by atoms with Gasteiger partial charge >= 0.3 is 0 Å². The molecule has 0 unspecified atom stereocenters. The number of rotatable bonds is 5. The summed E-state index contributed by atoms with van der Waals surface area (Å²) < 4.78 is 6.82. The standard InChI is InChI=1S/C23H17BrClN3O2/c24-16-5-1-14(2-6-16)13-30-18-9-10-19(21(29)11-18)22-20(12-27-23(26)28-22)15-3-7-17(25)8-4-15/h1-12,29H,13H2,(H2,26,27,28). The predicted molar refractivity (Wildman–Crippen MR) is 122 cm³/mol. The van der Waals surface area contributed by atoms with Gasteiger partial charge in [-0.05, 0) is 47.5 Å². The van der Waals surface area contributed by atoms with Crippen molar-refractivity contribution in [1.29, 1.82) is 0 Å². The van der Waals surface area contributed by atoms with Gasteiger partial charge in [-0.1, -0.05) is 51.8 Å². The Labute approximate surface area is 187 Å². The Morgan fingerprint density at radius 3 is 2.40 bits per heavy atom. The van der Waals surface area contributed by atoms with E-state index in [1.165, 1.54) is 0 Å². The van der Waals surface area contributed by atoms with Crippen LogP contribution in [0.25, 0.3) is 22.4 Å². The first kappa shape index (κ1) is 20.2. The minimum absolute atomic E-state index is 0.0385. The van der Waals surface area contributed by atoms with Crippen LogP contribution in [0.5, 0.6) is 11.5 Å². The van der Waals surface area contributed by atoms with Crippen molar-refractivity contribution in [3.05, 3.63) is 88.0 Å². The zero-order chi connectivity index (χ0) is 21.1. The lowest BCUT2D eigenvalue weighted by Crippen LogP contribution is -1.99. The zero-order valence-electron chi connectivity index (χ0n) is 15.7. The molecule has 3 aromatic carbocycles. The molecule has 0 bridgehead atoms. The van der Waals surface area contributed by atoms with Gasteiger partial charge in [0.15, 0.2) is 0 Å². The highest BCUT2D eigenvalue weighted by Gasteiger charge is 2.15. The molecule has 0 radical (unpaired) electrons. The molecule has 0 atom stereocenters. The van der Waals surface area contributed by atoms with Crippen LogP contribution in [-0.2, 0) is 6.61 Å². The van der Waals surface area contributed by atoms with Crippen LogP contribution in [0.15, 0.2) is 77.4 Å². The number of hydrogen-bond donors (Lipinski definition) is 2. The molecule has 0 saturated carbocycles. The molecule has 3 N–H and O–H groups in total. The van der Waals surface area contributed by atoms with Gasteiger partial charge in [-0.2, -0.15) is 0 Å².